The van der Waals surface area contributed by atoms with Gasteiger partial charge in [0.15, 0.2) is 0 Å². The fourth-order valence-electron chi connectivity index (χ4n) is 2.34. The van der Waals surface area contributed by atoms with Gasteiger partial charge in [-0.1, -0.05) is 42.5 Å². The van der Waals surface area contributed by atoms with Gasteiger partial charge < -0.3 is 10.1 Å². The number of nitrogens with zero attached hydrogens (tertiary/aromatic N) is 1. The second-order valence-electron chi connectivity index (χ2n) is 5.69. The molecule has 3 aromatic rings. The van der Waals surface area contributed by atoms with Crippen molar-refractivity contribution in [3.8, 4) is 11.5 Å². The predicted molar refractivity (Wildman–Crippen MR) is 99.7 cm³/mol. The third-order valence-corrected chi connectivity index (χ3v) is 3.64. The van der Waals surface area contributed by atoms with Gasteiger partial charge in [-0.2, -0.15) is 13.2 Å². The molecule has 1 N–H and O–H groups in total. The molecule has 3 nitrogen and oxygen atoms in total. The van der Waals surface area contributed by atoms with E-state index in [0.29, 0.717) is 12.2 Å². The van der Waals surface area contributed by atoms with E-state index in [0.717, 1.165) is 29.3 Å². The van der Waals surface area contributed by atoms with E-state index in [-0.39, 0.29) is 0 Å². The van der Waals surface area contributed by atoms with Crippen molar-refractivity contribution < 1.29 is 17.9 Å². The Morgan fingerprint density at radius 3 is 2.33 bits per heavy atom. The monoisotopic (exact) mass is 370 g/mol. The zero-order valence-corrected chi connectivity index (χ0v) is 14.3. The molecule has 0 amide bonds. The highest BCUT2D eigenvalue weighted by Crippen LogP contribution is 2.28. The number of benzene rings is 2. The number of rotatable bonds is 6. The number of aromatic nitrogens is 1. The van der Waals surface area contributed by atoms with Gasteiger partial charge in [0.25, 0.3) is 0 Å². The first-order valence-corrected chi connectivity index (χ1v) is 8.27. The van der Waals surface area contributed by atoms with Gasteiger partial charge >= 0.3 is 6.18 Å². The first-order valence-electron chi connectivity index (χ1n) is 8.27. The summed E-state index contributed by atoms with van der Waals surface area (Å²) in [5, 5.41) is 2.92. The van der Waals surface area contributed by atoms with Crippen molar-refractivity contribution in [2.24, 2.45) is 0 Å². The number of anilines is 1. The maximum absolute atomic E-state index is 12.6. The summed E-state index contributed by atoms with van der Waals surface area (Å²) >= 11 is 0. The van der Waals surface area contributed by atoms with Crippen LogP contribution < -0.4 is 10.1 Å². The lowest BCUT2D eigenvalue weighted by Gasteiger charge is -2.08. The van der Waals surface area contributed by atoms with Crippen LogP contribution in [0.4, 0.5) is 18.9 Å². The molecule has 3 rings (SSSR count). The number of alkyl halides is 3. The summed E-state index contributed by atoms with van der Waals surface area (Å²) in [5.41, 5.74) is 0.419. The zero-order chi connectivity index (χ0) is 19.1. The number of hydrogen-bond donors (Lipinski definition) is 1. The van der Waals surface area contributed by atoms with E-state index in [1.807, 2.05) is 66.7 Å². The Hall–Kier alpha value is -3.28. The zero-order valence-electron chi connectivity index (χ0n) is 14.3. The first kappa shape index (κ1) is 18.5. The van der Waals surface area contributed by atoms with Crippen molar-refractivity contribution in [3.05, 3.63) is 90.3 Å². The molecule has 1 aromatic heterocycles. The molecule has 1 heterocycles. The first-order chi connectivity index (χ1) is 13.0. The highest BCUT2D eigenvalue weighted by atomic mass is 19.4. The summed E-state index contributed by atoms with van der Waals surface area (Å²) in [6, 6.07) is 19.5. The van der Waals surface area contributed by atoms with Crippen LogP contribution in [-0.4, -0.2) is 11.5 Å². The fraction of sp³-hybridized carbons (Fsp3) is 0.0952. The molecule has 0 atom stereocenters. The van der Waals surface area contributed by atoms with Crippen molar-refractivity contribution >= 4 is 11.8 Å². The number of nitrogens with one attached hydrogen (secondary N) is 1. The third kappa shape index (κ3) is 5.60. The standard InChI is InChI=1S/C21H17F3N2O/c22-21(23,24)20-15-17(12-14-26-20)25-13-4-5-16-8-10-19(11-9-16)27-18-6-2-1-3-7-18/h1-12,14-15H,13H2,(H,25,26)/b5-4+. The summed E-state index contributed by atoms with van der Waals surface area (Å²) in [7, 11) is 0. The summed E-state index contributed by atoms with van der Waals surface area (Å²) in [6.45, 7) is 0.392. The highest BCUT2D eigenvalue weighted by Gasteiger charge is 2.32. The average molecular weight is 370 g/mol. The van der Waals surface area contributed by atoms with Gasteiger partial charge in [-0.05, 0) is 42.0 Å². The molecule has 0 aliphatic heterocycles. The van der Waals surface area contributed by atoms with Crippen LogP contribution in [0.15, 0.2) is 79.0 Å². The Morgan fingerprint density at radius 1 is 0.926 bits per heavy atom. The Bertz CT molecular complexity index is 891. The van der Waals surface area contributed by atoms with E-state index in [2.05, 4.69) is 10.3 Å². The topological polar surface area (TPSA) is 34.1 Å². The lowest BCUT2D eigenvalue weighted by molar-refractivity contribution is -0.141. The number of halogens is 3. The van der Waals surface area contributed by atoms with Crippen molar-refractivity contribution in [1.29, 1.82) is 0 Å². The molecule has 0 saturated heterocycles. The summed E-state index contributed by atoms with van der Waals surface area (Å²) < 4.78 is 43.6. The normalized spacial score (nSPS) is 11.5. The smallest absolute Gasteiger partial charge is 0.433 e. The van der Waals surface area contributed by atoms with Gasteiger partial charge in [-0.3, -0.25) is 4.98 Å². The maximum Gasteiger partial charge on any atom is 0.433 e. The average Bonchev–Trinajstić information content (AvgIpc) is 2.67. The van der Waals surface area contributed by atoms with E-state index in [1.165, 1.54) is 6.07 Å². The Kier molecular flexibility index (Phi) is 5.76. The van der Waals surface area contributed by atoms with Crippen LogP contribution in [0.1, 0.15) is 11.3 Å². The minimum Gasteiger partial charge on any atom is -0.457 e. The van der Waals surface area contributed by atoms with Gasteiger partial charge in [0.05, 0.1) is 0 Å². The molecule has 6 heteroatoms. The molecule has 0 aliphatic rings. The summed E-state index contributed by atoms with van der Waals surface area (Å²) in [6.07, 6.45) is 0.406. The van der Waals surface area contributed by atoms with E-state index in [1.54, 1.807) is 0 Å². The minimum atomic E-state index is -4.45. The lowest BCUT2D eigenvalue weighted by Crippen LogP contribution is -2.08. The molecule has 0 unspecified atom stereocenters. The Balaban J connectivity index is 1.53. The Morgan fingerprint density at radius 2 is 1.63 bits per heavy atom. The second kappa shape index (κ2) is 8.40. The molecule has 2 aromatic carbocycles. The van der Waals surface area contributed by atoms with Crippen LogP contribution >= 0.6 is 0 Å². The van der Waals surface area contributed by atoms with Crippen LogP contribution in [0, 0.1) is 0 Å². The van der Waals surface area contributed by atoms with Crippen molar-refractivity contribution in [2.45, 2.75) is 6.18 Å². The maximum atomic E-state index is 12.6. The van der Waals surface area contributed by atoms with Gasteiger partial charge in [0.1, 0.15) is 17.2 Å². The van der Waals surface area contributed by atoms with Gasteiger partial charge in [0, 0.05) is 18.4 Å². The number of hydrogen-bond acceptors (Lipinski definition) is 3. The minimum absolute atomic E-state index is 0.369. The summed E-state index contributed by atoms with van der Waals surface area (Å²) in [5.74, 6) is 1.49. The molecule has 0 fully saturated rings. The van der Waals surface area contributed by atoms with E-state index < -0.39 is 11.9 Å². The van der Waals surface area contributed by atoms with E-state index in [4.69, 9.17) is 4.74 Å². The van der Waals surface area contributed by atoms with Crippen molar-refractivity contribution in [3.63, 3.8) is 0 Å². The van der Waals surface area contributed by atoms with Crippen molar-refractivity contribution in [1.82, 2.24) is 4.98 Å². The van der Waals surface area contributed by atoms with Crippen LogP contribution in [0.25, 0.3) is 6.08 Å². The predicted octanol–water partition coefficient (Wildman–Crippen LogP) is 6.02. The van der Waals surface area contributed by atoms with Crippen LogP contribution in [-0.2, 0) is 6.18 Å². The highest BCUT2D eigenvalue weighted by molar-refractivity contribution is 5.52. The molecule has 0 bridgehead atoms. The van der Waals surface area contributed by atoms with E-state index in [9.17, 15) is 13.2 Å². The molecule has 138 valence electrons. The molecule has 0 aliphatic carbocycles. The number of para-hydroxylation sites is 1. The molecular formula is C21H17F3N2O. The van der Waals surface area contributed by atoms with Crippen LogP contribution in [0.3, 0.4) is 0 Å². The van der Waals surface area contributed by atoms with Gasteiger partial charge in [-0.15, -0.1) is 0 Å². The molecule has 27 heavy (non-hydrogen) atoms. The molecule has 0 radical (unpaired) electrons. The lowest BCUT2D eigenvalue weighted by atomic mass is 10.2. The van der Waals surface area contributed by atoms with Gasteiger partial charge in [0.2, 0.25) is 0 Å². The number of pyridine rings is 1. The number of ether oxygens (including phenoxy) is 1. The summed E-state index contributed by atoms with van der Waals surface area (Å²) in [4.78, 5) is 3.33. The van der Waals surface area contributed by atoms with Crippen LogP contribution in [0.2, 0.25) is 0 Å². The van der Waals surface area contributed by atoms with Crippen LogP contribution in [0.5, 0.6) is 11.5 Å². The van der Waals surface area contributed by atoms with Gasteiger partial charge in [-0.25, -0.2) is 0 Å². The Labute approximate surface area is 155 Å². The molecule has 0 saturated carbocycles. The molecular weight excluding hydrogens is 353 g/mol. The second-order valence-corrected chi connectivity index (χ2v) is 5.69. The van der Waals surface area contributed by atoms with Crippen molar-refractivity contribution in [2.75, 3.05) is 11.9 Å². The quantitative estimate of drug-likeness (QED) is 0.576. The molecule has 0 spiro atoms. The largest absolute Gasteiger partial charge is 0.457 e. The SMILES string of the molecule is FC(F)(F)c1cc(NC/C=C/c2ccc(Oc3ccccc3)cc2)ccn1. The third-order valence-electron chi connectivity index (χ3n) is 3.64. The van der Waals surface area contributed by atoms with E-state index >= 15 is 0 Å². The fourth-order valence-corrected chi connectivity index (χ4v) is 2.34.